The summed E-state index contributed by atoms with van der Waals surface area (Å²) in [6, 6.07) is 10.7. The van der Waals surface area contributed by atoms with Gasteiger partial charge >= 0.3 is 0 Å². The first-order chi connectivity index (χ1) is 14.6. The molecule has 7 heteroatoms. The Kier molecular flexibility index (Phi) is 7.02. The molecule has 3 aliphatic heterocycles. The molecule has 3 aliphatic rings. The maximum absolute atomic E-state index is 12.9. The largest absolute Gasteiger partial charge is 0.381 e. The number of nitrogens with zero attached hydrogens (tertiary/aromatic N) is 2. The van der Waals surface area contributed by atoms with Gasteiger partial charge in [0.05, 0.1) is 0 Å². The third-order valence-electron chi connectivity index (χ3n) is 6.98. The molecule has 1 aromatic carbocycles. The Labute approximate surface area is 179 Å². The van der Waals surface area contributed by atoms with E-state index in [-0.39, 0.29) is 29.9 Å². The van der Waals surface area contributed by atoms with Gasteiger partial charge in [-0.3, -0.25) is 19.4 Å². The van der Waals surface area contributed by atoms with Crippen molar-refractivity contribution < 1.29 is 14.3 Å². The average molecular weight is 415 g/mol. The summed E-state index contributed by atoms with van der Waals surface area (Å²) in [6.45, 7) is 3.70. The average Bonchev–Trinajstić information content (AvgIpc) is 3.19. The van der Waals surface area contributed by atoms with Gasteiger partial charge in [-0.05, 0) is 38.3 Å². The third kappa shape index (κ3) is 4.85. The Morgan fingerprint density at radius 3 is 2.73 bits per heavy atom. The lowest BCUT2D eigenvalue weighted by atomic mass is 10.0. The number of hydrogen-bond donors (Lipinski definition) is 2. The molecule has 30 heavy (non-hydrogen) atoms. The third-order valence-corrected chi connectivity index (χ3v) is 6.98. The smallest absolute Gasteiger partial charge is 0.239 e. The van der Waals surface area contributed by atoms with E-state index in [0.717, 1.165) is 51.0 Å². The summed E-state index contributed by atoms with van der Waals surface area (Å²) in [5.74, 6) is 0.210. The lowest BCUT2D eigenvalue weighted by molar-refractivity contribution is -0.127. The molecule has 164 valence electrons. The number of hydrogen-bond acceptors (Lipinski definition) is 5. The molecule has 0 bridgehead atoms. The van der Waals surface area contributed by atoms with E-state index in [2.05, 4.69) is 27.5 Å². The van der Waals surface area contributed by atoms with Crippen LogP contribution in [-0.4, -0.2) is 79.1 Å². The van der Waals surface area contributed by atoms with Crippen molar-refractivity contribution >= 4 is 11.8 Å². The minimum Gasteiger partial charge on any atom is -0.381 e. The van der Waals surface area contributed by atoms with E-state index >= 15 is 0 Å². The molecular formula is C23H34N4O3. The van der Waals surface area contributed by atoms with Gasteiger partial charge in [-0.2, -0.15) is 0 Å². The topological polar surface area (TPSA) is 73.9 Å². The molecule has 0 aliphatic carbocycles. The van der Waals surface area contributed by atoms with Crippen molar-refractivity contribution in [1.82, 2.24) is 20.4 Å². The summed E-state index contributed by atoms with van der Waals surface area (Å²) in [6.07, 6.45) is 4.23. The van der Waals surface area contributed by atoms with Crippen LogP contribution in [0.4, 0.5) is 0 Å². The van der Waals surface area contributed by atoms with E-state index in [1.807, 2.05) is 30.3 Å². The Bertz CT molecular complexity index is 722. The zero-order valence-electron chi connectivity index (χ0n) is 17.9. The van der Waals surface area contributed by atoms with Crippen LogP contribution in [0.15, 0.2) is 30.3 Å². The zero-order valence-corrected chi connectivity index (χ0v) is 17.9. The molecule has 3 heterocycles. The molecule has 3 saturated heterocycles. The van der Waals surface area contributed by atoms with Crippen LogP contribution >= 0.6 is 0 Å². The van der Waals surface area contributed by atoms with E-state index in [1.54, 1.807) is 0 Å². The summed E-state index contributed by atoms with van der Waals surface area (Å²) in [5, 5.41) is 6.17. The number of benzene rings is 1. The first kappa shape index (κ1) is 21.3. The molecule has 2 amide bonds. The normalized spacial score (nSPS) is 28.6. The SMILES string of the molecule is CN1[C@@H](CCC(=O)NCc2ccccc2)CNC(=O)[C@@H]2[C@H]1CCN2C1CCOCC1. The highest BCUT2D eigenvalue weighted by Crippen LogP contribution is 2.31. The molecule has 1 aromatic rings. The second-order valence-electron chi connectivity index (χ2n) is 8.75. The van der Waals surface area contributed by atoms with E-state index in [0.29, 0.717) is 25.6 Å². The summed E-state index contributed by atoms with van der Waals surface area (Å²) in [7, 11) is 2.12. The van der Waals surface area contributed by atoms with Crippen molar-refractivity contribution in [1.29, 1.82) is 0 Å². The first-order valence-electron chi connectivity index (χ1n) is 11.3. The zero-order chi connectivity index (χ0) is 20.9. The second kappa shape index (κ2) is 9.90. The van der Waals surface area contributed by atoms with Gasteiger partial charge in [0.15, 0.2) is 0 Å². The number of carbonyl (C=O) groups excluding carboxylic acids is 2. The number of nitrogens with one attached hydrogen (secondary N) is 2. The van der Waals surface area contributed by atoms with Crippen LogP contribution in [0, 0.1) is 0 Å². The summed E-state index contributed by atoms with van der Waals surface area (Å²) < 4.78 is 5.51. The Hall–Kier alpha value is -1.96. The highest BCUT2D eigenvalue weighted by molar-refractivity contribution is 5.83. The maximum Gasteiger partial charge on any atom is 0.239 e. The second-order valence-corrected chi connectivity index (χ2v) is 8.75. The van der Waals surface area contributed by atoms with Crippen molar-refractivity contribution in [3.63, 3.8) is 0 Å². The van der Waals surface area contributed by atoms with Crippen molar-refractivity contribution in [2.24, 2.45) is 0 Å². The first-order valence-corrected chi connectivity index (χ1v) is 11.3. The number of fused-ring (bicyclic) bond motifs is 1. The van der Waals surface area contributed by atoms with Gasteiger partial charge in [0.25, 0.3) is 0 Å². The fourth-order valence-electron chi connectivity index (χ4n) is 5.20. The lowest BCUT2D eigenvalue weighted by Crippen LogP contribution is -2.53. The van der Waals surface area contributed by atoms with Gasteiger partial charge in [-0.1, -0.05) is 30.3 Å². The number of carbonyl (C=O) groups is 2. The standard InChI is InChI=1S/C23H34N4O3/c1-26-19(7-8-21(28)24-15-17-5-3-2-4-6-17)16-25-23(29)22-20(26)9-12-27(22)18-10-13-30-14-11-18/h2-6,18-20,22H,7-16H2,1H3,(H,24,28)(H,25,29)/t19-,20+,22-/m0/s1. The van der Waals surface area contributed by atoms with Crippen LogP contribution in [-0.2, 0) is 20.9 Å². The van der Waals surface area contributed by atoms with Gasteiger partial charge in [-0.25, -0.2) is 0 Å². The fourth-order valence-corrected chi connectivity index (χ4v) is 5.20. The van der Waals surface area contributed by atoms with Crippen LogP contribution in [0.2, 0.25) is 0 Å². The molecule has 3 fully saturated rings. The maximum atomic E-state index is 12.9. The molecule has 0 saturated carbocycles. The van der Waals surface area contributed by atoms with Crippen molar-refractivity contribution in [3.8, 4) is 0 Å². The molecule has 0 aromatic heterocycles. The number of likely N-dealkylation sites (tertiary alicyclic amines) is 1. The Balaban J connectivity index is 1.31. The monoisotopic (exact) mass is 414 g/mol. The minimum absolute atomic E-state index is 0.0645. The van der Waals surface area contributed by atoms with Gasteiger partial charge in [0.1, 0.15) is 6.04 Å². The molecule has 4 rings (SSSR count). The van der Waals surface area contributed by atoms with E-state index in [1.165, 1.54) is 0 Å². The molecule has 0 unspecified atom stereocenters. The number of likely N-dealkylation sites (N-methyl/N-ethyl adjacent to an activating group) is 1. The molecular weight excluding hydrogens is 380 g/mol. The number of amides is 2. The van der Waals surface area contributed by atoms with Crippen LogP contribution in [0.3, 0.4) is 0 Å². The van der Waals surface area contributed by atoms with Crippen LogP contribution in [0.25, 0.3) is 0 Å². The highest BCUT2D eigenvalue weighted by atomic mass is 16.5. The van der Waals surface area contributed by atoms with Gasteiger partial charge in [0.2, 0.25) is 11.8 Å². The summed E-state index contributed by atoms with van der Waals surface area (Å²) in [5.41, 5.74) is 1.10. The van der Waals surface area contributed by atoms with Gasteiger partial charge < -0.3 is 15.4 Å². The Morgan fingerprint density at radius 2 is 1.97 bits per heavy atom. The minimum atomic E-state index is -0.0880. The van der Waals surface area contributed by atoms with Crippen LogP contribution in [0.5, 0.6) is 0 Å². The van der Waals surface area contributed by atoms with Gasteiger partial charge in [0, 0.05) is 57.4 Å². The predicted molar refractivity (Wildman–Crippen MR) is 115 cm³/mol. The van der Waals surface area contributed by atoms with Gasteiger partial charge in [-0.15, -0.1) is 0 Å². The summed E-state index contributed by atoms with van der Waals surface area (Å²) >= 11 is 0. The molecule has 2 N–H and O–H groups in total. The highest BCUT2D eigenvalue weighted by Gasteiger charge is 2.47. The fraction of sp³-hybridized carbons (Fsp3) is 0.652. The molecule has 7 nitrogen and oxygen atoms in total. The Morgan fingerprint density at radius 1 is 1.20 bits per heavy atom. The molecule has 3 atom stereocenters. The predicted octanol–water partition coefficient (Wildman–Crippen LogP) is 1.14. The van der Waals surface area contributed by atoms with Crippen LogP contribution < -0.4 is 10.6 Å². The molecule has 0 radical (unpaired) electrons. The van der Waals surface area contributed by atoms with E-state index in [4.69, 9.17) is 4.74 Å². The quantitative estimate of drug-likeness (QED) is 0.730. The van der Waals surface area contributed by atoms with E-state index in [9.17, 15) is 9.59 Å². The number of rotatable bonds is 6. The van der Waals surface area contributed by atoms with Crippen LogP contribution in [0.1, 0.15) is 37.7 Å². The summed E-state index contributed by atoms with van der Waals surface area (Å²) in [4.78, 5) is 30.1. The van der Waals surface area contributed by atoms with Crippen molar-refractivity contribution in [3.05, 3.63) is 35.9 Å². The van der Waals surface area contributed by atoms with E-state index < -0.39 is 0 Å². The molecule has 0 spiro atoms. The van der Waals surface area contributed by atoms with Crippen molar-refractivity contribution in [2.75, 3.05) is 33.4 Å². The van der Waals surface area contributed by atoms with Crippen molar-refractivity contribution in [2.45, 2.75) is 62.8 Å². The number of ether oxygens (including phenoxy) is 1. The lowest BCUT2D eigenvalue weighted by Gasteiger charge is -2.37.